The van der Waals surface area contributed by atoms with E-state index in [9.17, 15) is 4.79 Å². The van der Waals surface area contributed by atoms with Crippen molar-refractivity contribution in [1.82, 2.24) is 10.2 Å². The lowest BCUT2D eigenvalue weighted by Gasteiger charge is -2.36. The molecule has 0 atom stereocenters. The standard InChI is InChI=1S/C29H22N2O/c32-21-22-11-10-12-23(19-22)27-20-30-31-28(27)29(24-13-4-1-5-14-24,25-15-6-2-7-16-25)26-17-8-3-9-18-26/h1-21H,(H,30,31). The van der Waals surface area contributed by atoms with Gasteiger partial charge in [0.2, 0.25) is 0 Å². The summed E-state index contributed by atoms with van der Waals surface area (Å²) in [7, 11) is 0. The Morgan fingerprint density at radius 3 is 1.69 bits per heavy atom. The molecule has 0 saturated heterocycles. The highest BCUT2D eigenvalue weighted by atomic mass is 16.1. The molecule has 0 saturated carbocycles. The fourth-order valence-electron chi connectivity index (χ4n) is 4.57. The molecular formula is C29H22N2O. The number of nitrogens with zero attached hydrogens (tertiary/aromatic N) is 1. The van der Waals surface area contributed by atoms with Crippen LogP contribution in [-0.2, 0) is 5.41 Å². The molecule has 5 aromatic rings. The second kappa shape index (κ2) is 8.48. The Balaban J connectivity index is 1.89. The summed E-state index contributed by atoms with van der Waals surface area (Å²) in [5, 5.41) is 7.82. The fourth-order valence-corrected chi connectivity index (χ4v) is 4.57. The number of carbonyl (C=O) groups excluding carboxylic acids is 1. The first-order valence-electron chi connectivity index (χ1n) is 10.6. The summed E-state index contributed by atoms with van der Waals surface area (Å²) >= 11 is 0. The molecule has 0 aliphatic rings. The topological polar surface area (TPSA) is 45.8 Å². The second-order valence-electron chi connectivity index (χ2n) is 7.75. The van der Waals surface area contributed by atoms with Crippen molar-refractivity contribution < 1.29 is 4.79 Å². The first-order chi connectivity index (χ1) is 15.8. The average Bonchev–Trinajstić information content (AvgIpc) is 3.37. The van der Waals surface area contributed by atoms with E-state index in [1.165, 1.54) is 0 Å². The molecule has 1 N–H and O–H groups in total. The third-order valence-corrected chi connectivity index (χ3v) is 5.97. The highest BCUT2D eigenvalue weighted by molar-refractivity contribution is 5.80. The van der Waals surface area contributed by atoms with Gasteiger partial charge < -0.3 is 0 Å². The summed E-state index contributed by atoms with van der Waals surface area (Å²) in [5.41, 5.74) is 6.30. The lowest BCUT2D eigenvalue weighted by atomic mass is 9.66. The van der Waals surface area contributed by atoms with E-state index >= 15 is 0 Å². The van der Waals surface area contributed by atoms with Crippen molar-refractivity contribution in [2.75, 3.05) is 0 Å². The number of aromatic nitrogens is 2. The molecule has 0 unspecified atom stereocenters. The van der Waals surface area contributed by atoms with E-state index in [4.69, 9.17) is 0 Å². The maximum absolute atomic E-state index is 11.5. The number of aldehydes is 1. The second-order valence-corrected chi connectivity index (χ2v) is 7.75. The average molecular weight is 415 g/mol. The number of carbonyl (C=O) groups is 1. The number of aromatic amines is 1. The van der Waals surface area contributed by atoms with Crippen molar-refractivity contribution in [2.45, 2.75) is 5.41 Å². The number of rotatable bonds is 6. The maximum atomic E-state index is 11.5. The fraction of sp³-hybridized carbons (Fsp3) is 0.0345. The molecule has 0 aliphatic heterocycles. The molecule has 5 rings (SSSR count). The number of benzene rings is 4. The van der Waals surface area contributed by atoms with Gasteiger partial charge in [0.25, 0.3) is 0 Å². The van der Waals surface area contributed by atoms with Gasteiger partial charge in [0, 0.05) is 11.1 Å². The molecule has 154 valence electrons. The molecule has 0 amide bonds. The molecule has 0 spiro atoms. The third-order valence-electron chi connectivity index (χ3n) is 5.97. The molecule has 3 heteroatoms. The minimum absolute atomic E-state index is 0.618. The smallest absolute Gasteiger partial charge is 0.150 e. The van der Waals surface area contributed by atoms with Gasteiger partial charge in [-0.2, -0.15) is 5.10 Å². The molecular weight excluding hydrogens is 392 g/mol. The normalized spacial score (nSPS) is 11.2. The van der Waals surface area contributed by atoms with Crippen LogP contribution in [0.3, 0.4) is 0 Å². The predicted octanol–water partition coefficient (Wildman–Crippen LogP) is 6.27. The van der Waals surface area contributed by atoms with Gasteiger partial charge in [-0.1, -0.05) is 109 Å². The number of hydrogen-bond acceptors (Lipinski definition) is 2. The van der Waals surface area contributed by atoms with Crippen molar-refractivity contribution in [3.63, 3.8) is 0 Å². The van der Waals surface area contributed by atoms with E-state index in [1.54, 1.807) is 0 Å². The van der Waals surface area contributed by atoms with Gasteiger partial charge >= 0.3 is 0 Å². The Morgan fingerprint density at radius 1 is 0.656 bits per heavy atom. The molecule has 0 fully saturated rings. The van der Waals surface area contributed by atoms with E-state index in [2.05, 4.69) is 83.0 Å². The van der Waals surface area contributed by atoms with Crippen LogP contribution in [0.2, 0.25) is 0 Å². The van der Waals surface area contributed by atoms with Crippen LogP contribution in [0.5, 0.6) is 0 Å². The van der Waals surface area contributed by atoms with Crippen LogP contribution in [0.4, 0.5) is 0 Å². The highest BCUT2D eigenvalue weighted by Crippen LogP contribution is 2.47. The molecule has 3 nitrogen and oxygen atoms in total. The summed E-state index contributed by atoms with van der Waals surface area (Å²) in [6.07, 6.45) is 2.73. The molecule has 32 heavy (non-hydrogen) atoms. The van der Waals surface area contributed by atoms with Gasteiger partial charge in [0.05, 0.1) is 17.3 Å². The molecule has 1 aromatic heterocycles. The van der Waals surface area contributed by atoms with Crippen LogP contribution in [0, 0.1) is 0 Å². The largest absolute Gasteiger partial charge is 0.298 e. The Kier molecular flexibility index (Phi) is 5.22. The summed E-state index contributed by atoms with van der Waals surface area (Å²) in [4.78, 5) is 11.5. The van der Waals surface area contributed by atoms with Gasteiger partial charge in [-0.05, 0) is 28.3 Å². The zero-order valence-corrected chi connectivity index (χ0v) is 17.5. The Morgan fingerprint density at radius 2 is 1.19 bits per heavy atom. The molecule has 0 radical (unpaired) electrons. The van der Waals surface area contributed by atoms with E-state index in [-0.39, 0.29) is 0 Å². The number of hydrogen-bond donors (Lipinski definition) is 1. The lowest BCUT2D eigenvalue weighted by Crippen LogP contribution is -2.32. The highest BCUT2D eigenvalue weighted by Gasteiger charge is 2.41. The van der Waals surface area contributed by atoms with E-state index in [0.29, 0.717) is 5.56 Å². The zero-order chi connectivity index (χ0) is 21.8. The van der Waals surface area contributed by atoms with Crippen LogP contribution in [0.1, 0.15) is 32.7 Å². The van der Waals surface area contributed by atoms with E-state index < -0.39 is 5.41 Å². The zero-order valence-electron chi connectivity index (χ0n) is 17.5. The van der Waals surface area contributed by atoms with Gasteiger partial charge in [0.1, 0.15) is 6.29 Å². The lowest BCUT2D eigenvalue weighted by molar-refractivity contribution is 0.112. The van der Waals surface area contributed by atoms with Crippen LogP contribution >= 0.6 is 0 Å². The van der Waals surface area contributed by atoms with Crippen LogP contribution in [0.15, 0.2) is 121 Å². The quantitative estimate of drug-likeness (QED) is 0.263. The monoisotopic (exact) mass is 414 g/mol. The van der Waals surface area contributed by atoms with Crippen LogP contribution in [0.25, 0.3) is 11.1 Å². The molecule has 4 aromatic carbocycles. The molecule has 0 bridgehead atoms. The Bertz CT molecular complexity index is 1230. The first kappa shape index (κ1) is 19.7. The van der Waals surface area contributed by atoms with Crippen LogP contribution < -0.4 is 0 Å². The van der Waals surface area contributed by atoms with Crippen molar-refractivity contribution in [3.8, 4) is 11.1 Å². The van der Waals surface area contributed by atoms with Crippen molar-refractivity contribution >= 4 is 6.29 Å². The molecule has 0 aliphatic carbocycles. The summed E-state index contributed by atoms with van der Waals surface area (Å²) < 4.78 is 0. The van der Waals surface area contributed by atoms with Gasteiger partial charge in [-0.3, -0.25) is 9.89 Å². The number of H-pyrrole nitrogens is 1. The van der Waals surface area contributed by atoms with Crippen molar-refractivity contribution in [2.24, 2.45) is 0 Å². The minimum atomic E-state index is -0.618. The SMILES string of the molecule is O=Cc1cccc(-c2cn[nH]c2C(c2ccccc2)(c2ccccc2)c2ccccc2)c1. The summed E-state index contributed by atoms with van der Waals surface area (Å²) in [6.45, 7) is 0. The van der Waals surface area contributed by atoms with Crippen molar-refractivity contribution in [3.05, 3.63) is 149 Å². The maximum Gasteiger partial charge on any atom is 0.150 e. The Labute approximate surface area is 187 Å². The van der Waals surface area contributed by atoms with Gasteiger partial charge in [-0.15, -0.1) is 0 Å². The van der Waals surface area contributed by atoms with Gasteiger partial charge in [0.15, 0.2) is 0 Å². The minimum Gasteiger partial charge on any atom is -0.298 e. The first-order valence-corrected chi connectivity index (χ1v) is 10.6. The summed E-state index contributed by atoms with van der Waals surface area (Å²) in [6, 6.07) is 39.1. The Hall–Kier alpha value is -4.24. The van der Waals surface area contributed by atoms with Gasteiger partial charge in [-0.25, -0.2) is 0 Å². The number of nitrogens with one attached hydrogen (secondary N) is 1. The van der Waals surface area contributed by atoms with Crippen molar-refractivity contribution in [1.29, 1.82) is 0 Å². The predicted molar refractivity (Wildman–Crippen MR) is 128 cm³/mol. The molecule has 1 heterocycles. The van der Waals surface area contributed by atoms with Crippen LogP contribution in [-0.4, -0.2) is 16.5 Å². The third kappa shape index (κ3) is 3.25. The van der Waals surface area contributed by atoms with E-state index in [0.717, 1.165) is 39.8 Å². The summed E-state index contributed by atoms with van der Waals surface area (Å²) in [5.74, 6) is 0. The van der Waals surface area contributed by atoms with E-state index in [1.807, 2.05) is 48.7 Å².